The molecule has 0 fully saturated rings. The number of nitrogens with zero attached hydrogens (tertiary/aromatic N) is 3. The van der Waals surface area contributed by atoms with Crippen LogP contribution in [-0.2, 0) is 0 Å². The molecule has 80 valence electrons. The maximum Gasteiger partial charge on any atom is 0.168 e. The van der Waals surface area contributed by atoms with Crippen molar-refractivity contribution in [3.05, 3.63) is 48.4 Å². The first-order valence-electron chi connectivity index (χ1n) is 5.18. The molecule has 0 aliphatic heterocycles. The Balaban J connectivity index is 2.29. The van der Waals surface area contributed by atoms with Crippen LogP contribution in [0.5, 0.6) is 0 Å². The molecule has 1 N–H and O–H groups in total. The second-order valence-electron chi connectivity index (χ2n) is 3.63. The molecular weight excluding hydrogens is 212 g/mol. The van der Waals surface area contributed by atoms with Crippen LogP contribution in [0.25, 0.3) is 22.3 Å². The molecule has 2 heterocycles. The zero-order chi connectivity index (χ0) is 11.7. The number of hydrogen-bond donors (Lipinski definition) is 1. The number of nitriles is 1. The Morgan fingerprint density at radius 1 is 1.18 bits per heavy atom. The molecule has 17 heavy (non-hydrogen) atoms. The second kappa shape index (κ2) is 3.72. The number of aromatic nitrogens is 3. The normalized spacial score (nSPS) is 10.3. The number of imidazole rings is 1. The van der Waals surface area contributed by atoms with Crippen LogP contribution in [0.3, 0.4) is 0 Å². The van der Waals surface area contributed by atoms with E-state index in [2.05, 4.69) is 21.0 Å². The van der Waals surface area contributed by atoms with Gasteiger partial charge in [0.2, 0.25) is 0 Å². The first-order chi connectivity index (χ1) is 8.38. The molecule has 0 aliphatic rings. The van der Waals surface area contributed by atoms with Crippen LogP contribution in [0, 0.1) is 11.3 Å². The molecule has 0 atom stereocenters. The monoisotopic (exact) mass is 220 g/mol. The topological polar surface area (TPSA) is 65.4 Å². The zero-order valence-electron chi connectivity index (χ0n) is 8.88. The van der Waals surface area contributed by atoms with E-state index in [1.54, 1.807) is 6.33 Å². The Kier molecular flexibility index (Phi) is 2.09. The SMILES string of the molecule is N#Cc1nc(-c2ccccc2)cc2[nH]cnc12. The van der Waals surface area contributed by atoms with E-state index in [0.29, 0.717) is 11.2 Å². The van der Waals surface area contributed by atoms with Crippen molar-refractivity contribution in [2.24, 2.45) is 0 Å². The van der Waals surface area contributed by atoms with Gasteiger partial charge in [-0.05, 0) is 6.07 Å². The third kappa shape index (κ3) is 1.54. The van der Waals surface area contributed by atoms with Gasteiger partial charge >= 0.3 is 0 Å². The maximum absolute atomic E-state index is 9.06. The summed E-state index contributed by atoms with van der Waals surface area (Å²) in [6.45, 7) is 0. The van der Waals surface area contributed by atoms with Gasteiger partial charge in [-0.1, -0.05) is 30.3 Å². The van der Waals surface area contributed by atoms with Crippen molar-refractivity contribution in [1.82, 2.24) is 15.0 Å². The fourth-order valence-electron chi connectivity index (χ4n) is 1.78. The van der Waals surface area contributed by atoms with Gasteiger partial charge in [-0.15, -0.1) is 0 Å². The van der Waals surface area contributed by atoms with Crippen molar-refractivity contribution in [2.45, 2.75) is 0 Å². The highest BCUT2D eigenvalue weighted by Crippen LogP contribution is 2.22. The van der Waals surface area contributed by atoms with E-state index in [4.69, 9.17) is 5.26 Å². The highest BCUT2D eigenvalue weighted by Gasteiger charge is 2.08. The van der Waals surface area contributed by atoms with Crippen molar-refractivity contribution >= 4 is 11.0 Å². The minimum atomic E-state index is 0.350. The minimum absolute atomic E-state index is 0.350. The van der Waals surface area contributed by atoms with Gasteiger partial charge in [-0.25, -0.2) is 9.97 Å². The predicted octanol–water partition coefficient (Wildman–Crippen LogP) is 2.50. The van der Waals surface area contributed by atoms with Gasteiger partial charge in [0, 0.05) is 5.56 Å². The van der Waals surface area contributed by atoms with Gasteiger partial charge in [0.25, 0.3) is 0 Å². The lowest BCUT2D eigenvalue weighted by atomic mass is 10.1. The second-order valence-corrected chi connectivity index (χ2v) is 3.63. The molecule has 4 heteroatoms. The van der Waals surface area contributed by atoms with Crippen molar-refractivity contribution in [1.29, 1.82) is 5.26 Å². The summed E-state index contributed by atoms with van der Waals surface area (Å²) < 4.78 is 0. The lowest BCUT2D eigenvalue weighted by Crippen LogP contribution is -1.89. The molecule has 0 saturated carbocycles. The molecule has 0 unspecified atom stereocenters. The fourth-order valence-corrected chi connectivity index (χ4v) is 1.78. The molecule has 1 aromatic carbocycles. The van der Waals surface area contributed by atoms with Crippen LogP contribution in [0.1, 0.15) is 5.69 Å². The van der Waals surface area contributed by atoms with E-state index in [9.17, 15) is 0 Å². The van der Waals surface area contributed by atoms with Gasteiger partial charge in [0.05, 0.1) is 17.5 Å². The Labute approximate surface area is 97.6 Å². The van der Waals surface area contributed by atoms with Crippen LogP contribution in [0.2, 0.25) is 0 Å². The number of aromatic amines is 1. The standard InChI is InChI=1S/C13H8N4/c14-7-12-13-11(15-8-16-13)6-10(17-12)9-4-2-1-3-5-9/h1-6,8H,(H,15,16). The average Bonchev–Trinajstić information content (AvgIpc) is 2.86. The van der Waals surface area contributed by atoms with Gasteiger partial charge in [0.1, 0.15) is 11.6 Å². The summed E-state index contributed by atoms with van der Waals surface area (Å²) in [5.74, 6) is 0. The fraction of sp³-hybridized carbons (Fsp3) is 0. The van der Waals surface area contributed by atoms with Crippen LogP contribution < -0.4 is 0 Å². The molecule has 0 bridgehead atoms. The largest absolute Gasteiger partial charge is 0.344 e. The van der Waals surface area contributed by atoms with E-state index in [-0.39, 0.29) is 0 Å². The number of hydrogen-bond acceptors (Lipinski definition) is 3. The van der Waals surface area contributed by atoms with Gasteiger partial charge < -0.3 is 4.98 Å². The summed E-state index contributed by atoms with van der Waals surface area (Å²) in [7, 11) is 0. The summed E-state index contributed by atoms with van der Waals surface area (Å²) >= 11 is 0. The number of H-pyrrole nitrogens is 1. The van der Waals surface area contributed by atoms with Crippen molar-refractivity contribution in [3.8, 4) is 17.3 Å². The molecule has 0 radical (unpaired) electrons. The summed E-state index contributed by atoms with van der Waals surface area (Å²) in [5, 5.41) is 9.06. The predicted molar refractivity (Wildman–Crippen MR) is 64.0 cm³/mol. The minimum Gasteiger partial charge on any atom is -0.344 e. The first-order valence-corrected chi connectivity index (χ1v) is 5.18. The Morgan fingerprint density at radius 2 is 2.00 bits per heavy atom. The molecule has 0 saturated heterocycles. The molecule has 0 spiro atoms. The highest BCUT2D eigenvalue weighted by molar-refractivity contribution is 5.83. The van der Waals surface area contributed by atoms with Crippen molar-refractivity contribution < 1.29 is 0 Å². The molecule has 0 aliphatic carbocycles. The third-order valence-corrected chi connectivity index (χ3v) is 2.58. The number of nitrogens with one attached hydrogen (secondary N) is 1. The zero-order valence-corrected chi connectivity index (χ0v) is 8.88. The number of rotatable bonds is 1. The lowest BCUT2D eigenvalue weighted by Gasteiger charge is -2.01. The summed E-state index contributed by atoms with van der Waals surface area (Å²) in [6.07, 6.45) is 1.57. The summed E-state index contributed by atoms with van der Waals surface area (Å²) in [6, 6.07) is 13.7. The number of benzene rings is 1. The van der Waals surface area contributed by atoms with E-state index < -0.39 is 0 Å². The van der Waals surface area contributed by atoms with E-state index in [1.807, 2.05) is 36.4 Å². The van der Waals surface area contributed by atoms with Gasteiger partial charge in [0.15, 0.2) is 5.69 Å². The van der Waals surface area contributed by atoms with Crippen LogP contribution in [-0.4, -0.2) is 15.0 Å². The van der Waals surface area contributed by atoms with Crippen molar-refractivity contribution in [2.75, 3.05) is 0 Å². The molecular formula is C13H8N4. The van der Waals surface area contributed by atoms with Crippen LogP contribution in [0.4, 0.5) is 0 Å². The molecule has 3 aromatic rings. The van der Waals surface area contributed by atoms with Crippen LogP contribution in [0.15, 0.2) is 42.7 Å². The van der Waals surface area contributed by atoms with E-state index in [0.717, 1.165) is 16.8 Å². The Hall–Kier alpha value is -2.67. The average molecular weight is 220 g/mol. The first kappa shape index (κ1) is 9.55. The molecule has 2 aromatic heterocycles. The van der Waals surface area contributed by atoms with E-state index >= 15 is 0 Å². The number of pyridine rings is 1. The smallest absolute Gasteiger partial charge is 0.168 e. The van der Waals surface area contributed by atoms with Gasteiger partial charge in [-0.2, -0.15) is 5.26 Å². The summed E-state index contributed by atoms with van der Waals surface area (Å²) in [5.41, 5.74) is 3.56. The third-order valence-electron chi connectivity index (χ3n) is 2.58. The van der Waals surface area contributed by atoms with Crippen LogP contribution >= 0.6 is 0 Å². The van der Waals surface area contributed by atoms with Crippen molar-refractivity contribution in [3.63, 3.8) is 0 Å². The maximum atomic E-state index is 9.06. The number of fused-ring (bicyclic) bond motifs is 1. The molecule has 0 amide bonds. The highest BCUT2D eigenvalue weighted by atomic mass is 14.9. The lowest BCUT2D eigenvalue weighted by molar-refractivity contribution is 1.28. The summed E-state index contributed by atoms with van der Waals surface area (Å²) in [4.78, 5) is 11.4. The van der Waals surface area contributed by atoms with E-state index in [1.165, 1.54) is 0 Å². The Morgan fingerprint density at radius 3 is 2.76 bits per heavy atom. The molecule has 4 nitrogen and oxygen atoms in total. The van der Waals surface area contributed by atoms with Gasteiger partial charge in [-0.3, -0.25) is 0 Å². The molecule has 3 rings (SSSR count). The Bertz CT molecular complexity index is 707. The quantitative estimate of drug-likeness (QED) is 0.685.